The zero-order valence-corrected chi connectivity index (χ0v) is 21.6. The van der Waals surface area contributed by atoms with Crippen molar-refractivity contribution in [2.75, 3.05) is 19.6 Å². The number of quaternary nitrogens is 1. The summed E-state index contributed by atoms with van der Waals surface area (Å²) in [5, 5.41) is 0. The van der Waals surface area contributed by atoms with E-state index in [1.165, 1.54) is 82.6 Å². The molecular formula is C31H52N+. The number of unbranched alkanes of at least 4 members (excludes halogenated alkanes) is 9. The van der Waals surface area contributed by atoms with Crippen LogP contribution in [0.25, 0.3) is 0 Å². The summed E-state index contributed by atoms with van der Waals surface area (Å²) >= 11 is 0. The second-order valence-electron chi connectivity index (χ2n) is 9.43. The van der Waals surface area contributed by atoms with Crippen molar-refractivity contribution in [2.45, 2.75) is 104 Å². The lowest BCUT2D eigenvalue weighted by Gasteiger charge is -2.36. The third-order valence-electron chi connectivity index (χ3n) is 6.26. The molecule has 0 bridgehead atoms. The molecule has 0 aliphatic rings. The summed E-state index contributed by atoms with van der Waals surface area (Å²) < 4.78 is 1.09. The van der Waals surface area contributed by atoms with Gasteiger partial charge in [-0.15, -0.1) is 0 Å². The summed E-state index contributed by atoms with van der Waals surface area (Å²) in [5.74, 6) is 0. The molecule has 0 aliphatic carbocycles. The molecule has 0 aliphatic heterocycles. The Morgan fingerprint density at radius 2 is 0.938 bits per heavy atom. The van der Waals surface area contributed by atoms with Gasteiger partial charge in [0.2, 0.25) is 0 Å². The maximum atomic E-state index is 2.47. The molecule has 0 saturated heterocycles. The molecule has 0 radical (unpaired) electrons. The van der Waals surface area contributed by atoms with E-state index >= 15 is 0 Å². The van der Waals surface area contributed by atoms with E-state index in [9.17, 15) is 0 Å². The van der Waals surface area contributed by atoms with Crippen molar-refractivity contribution in [1.82, 2.24) is 0 Å². The van der Waals surface area contributed by atoms with E-state index in [4.69, 9.17) is 0 Å². The summed E-state index contributed by atoms with van der Waals surface area (Å²) in [5.41, 5.74) is 1.45. The van der Waals surface area contributed by atoms with Crippen LogP contribution in [-0.4, -0.2) is 24.1 Å². The average Bonchev–Trinajstić information content (AvgIpc) is 2.81. The van der Waals surface area contributed by atoms with Crippen molar-refractivity contribution >= 4 is 0 Å². The van der Waals surface area contributed by atoms with Crippen molar-refractivity contribution in [1.29, 1.82) is 0 Å². The first-order chi connectivity index (χ1) is 15.8. The van der Waals surface area contributed by atoms with Crippen LogP contribution < -0.4 is 0 Å². The van der Waals surface area contributed by atoms with E-state index in [1.54, 1.807) is 0 Å². The SMILES string of the molecule is CCCCC/C=C\C[N+](C/C=C\CCCCC)(C/C=C/CCCCC)Cc1ccccc1. The van der Waals surface area contributed by atoms with E-state index < -0.39 is 0 Å². The predicted molar refractivity (Wildman–Crippen MR) is 145 cm³/mol. The number of hydrogen-bond donors (Lipinski definition) is 0. The average molecular weight is 439 g/mol. The number of allylic oxidation sites excluding steroid dienone is 3. The molecular weight excluding hydrogens is 386 g/mol. The van der Waals surface area contributed by atoms with Crippen LogP contribution in [0.3, 0.4) is 0 Å². The van der Waals surface area contributed by atoms with Gasteiger partial charge in [0.15, 0.2) is 0 Å². The quantitative estimate of drug-likeness (QED) is 0.108. The van der Waals surface area contributed by atoms with Crippen molar-refractivity contribution in [3.63, 3.8) is 0 Å². The van der Waals surface area contributed by atoms with Gasteiger partial charge in [-0.3, -0.25) is 0 Å². The first-order valence-corrected chi connectivity index (χ1v) is 13.6. The highest BCUT2D eigenvalue weighted by atomic mass is 15.3. The maximum Gasteiger partial charge on any atom is 0.105 e. The summed E-state index contributed by atoms with van der Waals surface area (Å²) in [4.78, 5) is 0. The Morgan fingerprint density at radius 3 is 1.31 bits per heavy atom. The summed E-state index contributed by atoms with van der Waals surface area (Å²) in [6.45, 7) is 11.3. The molecule has 180 valence electrons. The van der Waals surface area contributed by atoms with Crippen molar-refractivity contribution in [3.8, 4) is 0 Å². The molecule has 0 saturated carbocycles. The highest BCUT2D eigenvalue weighted by molar-refractivity contribution is 5.13. The summed E-state index contributed by atoms with van der Waals surface area (Å²) in [6.07, 6.45) is 30.3. The van der Waals surface area contributed by atoms with Gasteiger partial charge in [0.05, 0.1) is 19.6 Å². The van der Waals surface area contributed by atoms with Gasteiger partial charge in [-0.25, -0.2) is 0 Å². The molecule has 0 aromatic heterocycles. The molecule has 0 spiro atoms. The van der Waals surface area contributed by atoms with Gasteiger partial charge >= 0.3 is 0 Å². The van der Waals surface area contributed by atoms with Crippen LogP contribution in [0, 0.1) is 0 Å². The minimum absolute atomic E-state index is 1.09. The minimum atomic E-state index is 1.09. The number of rotatable bonds is 20. The lowest BCUT2D eigenvalue weighted by molar-refractivity contribution is -0.925. The molecule has 0 atom stereocenters. The molecule has 1 nitrogen and oxygen atoms in total. The fraction of sp³-hybridized carbons (Fsp3) is 0.613. The van der Waals surface area contributed by atoms with E-state index in [0.717, 1.165) is 30.7 Å². The van der Waals surface area contributed by atoms with E-state index in [2.05, 4.69) is 87.6 Å². The van der Waals surface area contributed by atoms with Gasteiger partial charge in [0.1, 0.15) is 6.54 Å². The van der Waals surface area contributed by atoms with Crippen molar-refractivity contribution in [2.24, 2.45) is 0 Å². The molecule has 1 aromatic carbocycles. The Labute approximate surface area is 200 Å². The summed E-state index contributed by atoms with van der Waals surface area (Å²) in [6, 6.07) is 11.1. The van der Waals surface area contributed by atoms with Gasteiger partial charge < -0.3 is 4.48 Å². The van der Waals surface area contributed by atoms with Gasteiger partial charge in [-0.1, -0.05) is 108 Å². The van der Waals surface area contributed by atoms with Crippen molar-refractivity contribution in [3.05, 3.63) is 72.4 Å². The Balaban J connectivity index is 2.90. The molecule has 32 heavy (non-hydrogen) atoms. The minimum Gasteiger partial charge on any atom is -0.310 e. The monoisotopic (exact) mass is 438 g/mol. The molecule has 1 heteroatoms. The Kier molecular flexibility index (Phi) is 17.8. The highest BCUT2D eigenvalue weighted by Crippen LogP contribution is 2.17. The molecule has 0 fully saturated rings. The van der Waals surface area contributed by atoms with Crippen LogP contribution in [0.2, 0.25) is 0 Å². The fourth-order valence-electron chi connectivity index (χ4n) is 4.17. The molecule has 0 unspecified atom stereocenters. The van der Waals surface area contributed by atoms with Crippen LogP contribution in [0.1, 0.15) is 103 Å². The number of nitrogens with zero attached hydrogens (tertiary/aromatic N) is 1. The Bertz CT molecular complexity index is 556. The molecule has 0 heterocycles. The largest absolute Gasteiger partial charge is 0.310 e. The first kappa shape index (κ1) is 28.4. The Morgan fingerprint density at radius 1 is 0.531 bits per heavy atom. The number of hydrogen-bond acceptors (Lipinski definition) is 0. The van der Waals surface area contributed by atoms with Gasteiger partial charge in [-0.05, 0) is 56.8 Å². The fourth-order valence-corrected chi connectivity index (χ4v) is 4.17. The van der Waals surface area contributed by atoms with Gasteiger partial charge in [0.25, 0.3) is 0 Å². The normalized spacial score (nSPS) is 12.6. The predicted octanol–water partition coefficient (Wildman–Crippen LogP) is 9.41. The zero-order valence-electron chi connectivity index (χ0n) is 21.6. The standard InChI is InChI=1S/C31H52N/c1-4-7-10-13-16-22-27-32(28-23-17-14-11-8-5-2,29-24-18-15-12-9-6-3)30-31-25-20-19-21-26-31/h16-26H,4-15,27-30H2,1-3H3/q+1/b22-16-,23-17-,24-18+. The van der Waals surface area contributed by atoms with E-state index in [1.807, 2.05) is 0 Å². The van der Waals surface area contributed by atoms with E-state index in [-0.39, 0.29) is 0 Å². The summed E-state index contributed by atoms with van der Waals surface area (Å²) in [7, 11) is 0. The van der Waals surface area contributed by atoms with Crippen molar-refractivity contribution < 1.29 is 4.48 Å². The molecule has 1 rings (SSSR count). The van der Waals surface area contributed by atoms with Crippen LogP contribution in [0.5, 0.6) is 0 Å². The lowest BCUT2D eigenvalue weighted by Crippen LogP contribution is -2.47. The van der Waals surface area contributed by atoms with Crippen LogP contribution in [0.4, 0.5) is 0 Å². The third kappa shape index (κ3) is 14.5. The Hall–Kier alpha value is -1.60. The van der Waals surface area contributed by atoms with Gasteiger partial charge in [-0.2, -0.15) is 0 Å². The second kappa shape index (κ2) is 20.0. The van der Waals surface area contributed by atoms with Crippen LogP contribution in [-0.2, 0) is 6.54 Å². The molecule has 0 N–H and O–H groups in total. The smallest absolute Gasteiger partial charge is 0.105 e. The topological polar surface area (TPSA) is 0 Å². The second-order valence-corrected chi connectivity index (χ2v) is 9.43. The van der Waals surface area contributed by atoms with E-state index in [0.29, 0.717) is 0 Å². The highest BCUT2D eigenvalue weighted by Gasteiger charge is 2.24. The molecule has 1 aromatic rings. The van der Waals surface area contributed by atoms with Gasteiger partial charge in [0, 0.05) is 5.56 Å². The zero-order chi connectivity index (χ0) is 23.2. The van der Waals surface area contributed by atoms with Crippen LogP contribution >= 0.6 is 0 Å². The number of benzene rings is 1. The first-order valence-electron chi connectivity index (χ1n) is 13.6. The molecule has 0 amide bonds. The maximum absolute atomic E-state index is 2.47. The third-order valence-corrected chi connectivity index (χ3v) is 6.26. The lowest BCUT2D eigenvalue weighted by atomic mass is 10.1. The van der Waals surface area contributed by atoms with Crippen LogP contribution in [0.15, 0.2) is 66.8 Å².